The number of rotatable bonds is 4. The Balaban J connectivity index is 2.14. The third-order valence-electron chi connectivity index (χ3n) is 3.08. The lowest BCUT2D eigenvalue weighted by molar-refractivity contribution is 0.276. The fraction of sp³-hybridized carbons (Fsp3) is 0.667. The van der Waals surface area contributed by atoms with Crippen LogP contribution in [0.3, 0.4) is 0 Å². The Bertz CT molecular complexity index is 369. The molecule has 1 N–H and O–H groups in total. The molecule has 2 heterocycles. The summed E-state index contributed by atoms with van der Waals surface area (Å²) in [5, 5.41) is 9.09. The molecule has 94 valence electrons. The Morgan fingerprint density at radius 1 is 1.47 bits per heavy atom. The van der Waals surface area contributed by atoms with Gasteiger partial charge in [0.15, 0.2) is 0 Å². The summed E-state index contributed by atoms with van der Waals surface area (Å²) >= 11 is 0. The summed E-state index contributed by atoms with van der Waals surface area (Å²) in [6.07, 6.45) is 5.79. The zero-order chi connectivity index (χ0) is 12.3. The van der Waals surface area contributed by atoms with Gasteiger partial charge in [0.25, 0.3) is 0 Å². The van der Waals surface area contributed by atoms with Crippen LogP contribution in [0.4, 0.5) is 5.82 Å². The molecule has 0 amide bonds. The van der Waals surface area contributed by atoms with E-state index >= 15 is 0 Å². The predicted molar refractivity (Wildman–Crippen MR) is 66.9 cm³/mol. The number of hydrogen-bond donors (Lipinski definition) is 1. The summed E-state index contributed by atoms with van der Waals surface area (Å²) in [4.78, 5) is 13.1. The SMILES string of the molecule is CN(C)CC1CCCN1c1cncc(CO)n1. The lowest BCUT2D eigenvalue weighted by atomic mass is 10.2. The van der Waals surface area contributed by atoms with E-state index in [2.05, 4.69) is 33.9 Å². The topological polar surface area (TPSA) is 52.5 Å². The zero-order valence-electron chi connectivity index (χ0n) is 10.5. The molecule has 1 aliphatic rings. The van der Waals surface area contributed by atoms with Gasteiger partial charge in [-0.25, -0.2) is 4.98 Å². The van der Waals surface area contributed by atoms with E-state index in [0.717, 1.165) is 18.9 Å². The number of aromatic nitrogens is 2. The van der Waals surface area contributed by atoms with Gasteiger partial charge in [-0.1, -0.05) is 0 Å². The van der Waals surface area contributed by atoms with Crippen LogP contribution < -0.4 is 4.90 Å². The normalized spacial score (nSPS) is 20.2. The van der Waals surface area contributed by atoms with Crippen molar-refractivity contribution in [2.75, 3.05) is 32.1 Å². The minimum atomic E-state index is -0.0486. The van der Waals surface area contributed by atoms with Crippen LogP contribution in [-0.2, 0) is 6.61 Å². The van der Waals surface area contributed by atoms with Gasteiger partial charge in [0.05, 0.1) is 24.7 Å². The molecule has 1 fully saturated rings. The van der Waals surface area contributed by atoms with E-state index in [1.54, 1.807) is 12.4 Å². The summed E-state index contributed by atoms with van der Waals surface area (Å²) in [7, 11) is 4.18. The maximum atomic E-state index is 9.09. The van der Waals surface area contributed by atoms with Crippen LogP contribution in [0.1, 0.15) is 18.5 Å². The number of anilines is 1. The zero-order valence-corrected chi connectivity index (χ0v) is 10.5. The summed E-state index contributed by atoms with van der Waals surface area (Å²) < 4.78 is 0. The van der Waals surface area contributed by atoms with Crippen LogP contribution in [0.5, 0.6) is 0 Å². The van der Waals surface area contributed by atoms with Gasteiger partial charge in [-0.2, -0.15) is 0 Å². The first kappa shape index (κ1) is 12.3. The van der Waals surface area contributed by atoms with E-state index in [0.29, 0.717) is 11.7 Å². The number of nitrogens with zero attached hydrogens (tertiary/aromatic N) is 4. The van der Waals surface area contributed by atoms with Crippen molar-refractivity contribution in [1.29, 1.82) is 0 Å². The molecule has 1 unspecified atom stereocenters. The van der Waals surface area contributed by atoms with E-state index in [4.69, 9.17) is 5.11 Å². The van der Waals surface area contributed by atoms with Crippen LogP contribution >= 0.6 is 0 Å². The Kier molecular flexibility index (Phi) is 3.91. The summed E-state index contributed by atoms with van der Waals surface area (Å²) in [6, 6.07) is 0.508. The van der Waals surface area contributed by atoms with Gasteiger partial charge >= 0.3 is 0 Å². The Hall–Kier alpha value is -1.20. The molecule has 0 aromatic carbocycles. The Morgan fingerprint density at radius 3 is 3.00 bits per heavy atom. The molecule has 1 saturated heterocycles. The average Bonchev–Trinajstić information content (AvgIpc) is 2.76. The van der Waals surface area contributed by atoms with Crippen molar-refractivity contribution in [2.24, 2.45) is 0 Å². The molecular formula is C12H20N4O. The largest absolute Gasteiger partial charge is 0.390 e. The maximum Gasteiger partial charge on any atom is 0.147 e. The second-order valence-electron chi connectivity index (χ2n) is 4.78. The molecular weight excluding hydrogens is 216 g/mol. The van der Waals surface area contributed by atoms with Crippen LogP contribution in [0, 0.1) is 0 Å². The molecule has 5 nitrogen and oxygen atoms in total. The van der Waals surface area contributed by atoms with Crippen molar-refractivity contribution in [3.05, 3.63) is 18.1 Å². The van der Waals surface area contributed by atoms with Crippen LogP contribution in [0.15, 0.2) is 12.4 Å². The third-order valence-corrected chi connectivity index (χ3v) is 3.08. The number of likely N-dealkylation sites (N-methyl/N-ethyl adjacent to an activating group) is 1. The smallest absolute Gasteiger partial charge is 0.147 e. The third kappa shape index (κ3) is 2.92. The highest BCUT2D eigenvalue weighted by atomic mass is 16.3. The molecule has 5 heteroatoms. The molecule has 1 aromatic rings. The first-order valence-electron chi connectivity index (χ1n) is 6.04. The van der Waals surface area contributed by atoms with Crippen LogP contribution in [0.25, 0.3) is 0 Å². The van der Waals surface area contributed by atoms with E-state index in [1.807, 2.05) is 0 Å². The van der Waals surface area contributed by atoms with Gasteiger partial charge < -0.3 is 14.9 Å². The van der Waals surface area contributed by atoms with Gasteiger partial charge in [-0.05, 0) is 26.9 Å². The quantitative estimate of drug-likeness (QED) is 0.825. The van der Waals surface area contributed by atoms with Crippen molar-refractivity contribution < 1.29 is 5.11 Å². The van der Waals surface area contributed by atoms with Gasteiger partial charge in [-0.15, -0.1) is 0 Å². The van der Waals surface area contributed by atoms with Crippen molar-refractivity contribution in [3.8, 4) is 0 Å². The van der Waals surface area contributed by atoms with Crippen molar-refractivity contribution in [2.45, 2.75) is 25.5 Å². The highest BCUT2D eigenvalue weighted by Crippen LogP contribution is 2.23. The van der Waals surface area contributed by atoms with E-state index in [1.165, 1.54) is 12.8 Å². The predicted octanol–water partition coefficient (Wildman–Crippen LogP) is 0.499. The lowest BCUT2D eigenvalue weighted by Gasteiger charge is -2.27. The van der Waals surface area contributed by atoms with Crippen molar-refractivity contribution >= 4 is 5.82 Å². The van der Waals surface area contributed by atoms with Gasteiger partial charge in [0.1, 0.15) is 5.82 Å². The fourth-order valence-corrected chi connectivity index (χ4v) is 2.36. The first-order chi connectivity index (χ1) is 8.20. The maximum absolute atomic E-state index is 9.09. The first-order valence-corrected chi connectivity index (χ1v) is 6.04. The highest BCUT2D eigenvalue weighted by molar-refractivity contribution is 5.39. The van der Waals surface area contributed by atoms with E-state index < -0.39 is 0 Å². The Labute approximate surface area is 102 Å². The van der Waals surface area contributed by atoms with Gasteiger partial charge in [0.2, 0.25) is 0 Å². The molecule has 17 heavy (non-hydrogen) atoms. The molecule has 1 aliphatic heterocycles. The Morgan fingerprint density at radius 2 is 2.29 bits per heavy atom. The molecule has 1 atom stereocenters. The molecule has 2 rings (SSSR count). The van der Waals surface area contributed by atoms with Crippen LogP contribution in [0.2, 0.25) is 0 Å². The van der Waals surface area contributed by atoms with E-state index in [9.17, 15) is 0 Å². The minimum absolute atomic E-state index is 0.0486. The number of aliphatic hydroxyl groups is 1. The van der Waals surface area contributed by atoms with Gasteiger partial charge in [-0.3, -0.25) is 4.98 Å². The average molecular weight is 236 g/mol. The fourth-order valence-electron chi connectivity index (χ4n) is 2.36. The number of hydrogen-bond acceptors (Lipinski definition) is 5. The lowest BCUT2D eigenvalue weighted by Crippen LogP contribution is -2.38. The molecule has 0 aliphatic carbocycles. The second-order valence-corrected chi connectivity index (χ2v) is 4.78. The summed E-state index contributed by atoms with van der Waals surface area (Å²) in [5.74, 6) is 0.890. The molecule has 0 saturated carbocycles. The molecule has 0 bridgehead atoms. The monoisotopic (exact) mass is 236 g/mol. The van der Waals surface area contributed by atoms with Crippen molar-refractivity contribution in [1.82, 2.24) is 14.9 Å². The van der Waals surface area contributed by atoms with Crippen LogP contribution in [-0.4, -0.2) is 53.2 Å². The molecule has 0 radical (unpaired) electrons. The molecule has 0 spiro atoms. The van der Waals surface area contributed by atoms with Gasteiger partial charge in [0, 0.05) is 19.1 Å². The van der Waals surface area contributed by atoms with E-state index in [-0.39, 0.29) is 6.61 Å². The second kappa shape index (κ2) is 5.42. The molecule has 1 aromatic heterocycles. The van der Waals surface area contributed by atoms with Crippen molar-refractivity contribution in [3.63, 3.8) is 0 Å². The minimum Gasteiger partial charge on any atom is -0.390 e. The summed E-state index contributed by atoms with van der Waals surface area (Å²) in [5.41, 5.74) is 0.637. The summed E-state index contributed by atoms with van der Waals surface area (Å²) in [6.45, 7) is 2.01. The highest BCUT2D eigenvalue weighted by Gasteiger charge is 2.26. The number of aliphatic hydroxyl groups excluding tert-OH is 1. The standard InChI is InChI=1S/C12H20N4O/c1-15(2)8-11-4-3-5-16(11)12-7-13-6-10(9-17)14-12/h6-7,11,17H,3-5,8-9H2,1-2H3.